The van der Waals surface area contributed by atoms with E-state index in [4.69, 9.17) is 18.9 Å². The maximum absolute atomic E-state index is 12.7. The van der Waals surface area contributed by atoms with Gasteiger partial charge in [0.15, 0.2) is 0 Å². The molecule has 0 bridgehead atoms. The summed E-state index contributed by atoms with van der Waals surface area (Å²) in [6, 6.07) is 0. The predicted octanol–water partition coefficient (Wildman–Crippen LogP) is 3.41. The van der Waals surface area contributed by atoms with Crippen molar-refractivity contribution in [3.05, 3.63) is 0 Å². The van der Waals surface area contributed by atoms with E-state index < -0.39 is 0 Å². The molecule has 1 saturated heterocycles. The van der Waals surface area contributed by atoms with Gasteiger partial charge in [0.05, 0.1) is 52.9 Å². The highest BCUT2D eigenvalue weighted by Crippen LogP contribution is 2.11. The fourth-order valence-corrected chi connectivity index (χ4v) is 3.51. The number of amides is 1. The molecule has 0 radical (unpaired) electrons. The van der Waals surface area contributed by atoms with Crippen molar-refractivity contribution in [3.8, 4) is 0 Å². The molecular weight excluding hydrogens is 396 g/mol. The molecule has 0 aromatic carbocycles. The van der Waals surface area contributed by atoms with Crippen molar-refractivity contribution >= 4 is 5.91 Å². The van der Waals surface area contributed by atoms with E-state index in [1.807, 2.05) is 4.90 Å². The average molecular weight is 445 g/mol. The van der Waals surface area contributed by atoms with E-state index in [1.165, 1.54) is 44.9 Å². The van der Waals surface area contributed by atoms with Crippen LogP contribution in [0.5, 0.6) is 0 Å². The third-order valence-electron chi connectivity index (χ3n) is 5.45. The van der Waals surface area contributed by atoms with Gasteiger partial charge in [-0.15, -0.1) is 0 Å². The summed E-state index contributed by atoms with van der Waals surface area (Å²) in [4.78, 5) is 14.6. The Morgan fingerprint density at radius 1 is 0.645 bits per heavy atom. The standard InChI is InChI=1S/C24H48N2O5/c1-2-3-4-5-6-7-8-9-10-11-24(27)26-14-18-30-22-20-28-16-12-25-13-17-29-21-23-31-19-15-26/h25H,2-23H2,1H3. The molecule has 0 unspecified atom stereocenters. The van der Waals surface area contributed by atoms with Gasteiger partial charge in [0.1, 0.15) is 0 Å². The molecule has 1 aliphatic rings. The van der Waals surface area contributed by atoms with Crippen LogP contribution in [0.1, 0.15) is 71.1 Å². The Labute approximate surface area is 190 Å². The molecule has 7 heteroatoms. The second-order valence-corrected chi connectivity index (χ2v) is 8.16. The van der Waals surface area contributed by atoms with Crippen molar-refractivity contribution in [1.82, 2.24) is 10.2 Å². The monoisotopic (exact) mass is 444 g/mol. The van der Waals surface area contributed by atoms with Gasteiger partial charge in [0, 0.05) is 32.6 Å². The normalized spacial score (nSPS) is 18.9. The second kappa shape index (κ2) is 22.5. The van der Waals surface area contributed by atoms with E-state index in [0.717, 1.165) is 25.9 Å². The molecule has 1 rings (SSSR count). The van der Waals surface area contributed by atoms with E-state index in [9.17, 15) is 4.79 Å². The highest BCUT2D eigenvalue weighted by Gasteiger charge is 2.13. The smallest absolute Gasteiger partial charge is 0.222 e. The number of ether oxygens (including phenoxy) is 4. The Kier molecular flexibility index (Phi) is 20.5. The van der Waals surface area contributed by atoms with Crippen molar-refractivity contribution in [3.63, 3.8) is 0 Å². The van der Waals surface area contributed by atoms with Crippen LogP contribution in [0.25, 0.3) is 0 Å². The third-order valence-corrected chi connectivity index (χ3v) is 5.45. The molecule has 1 N–H and O–H groups in total. The van der Waals surface area contributed by atoms with Crippen molar-refractivity contribution < 1.29 is 23.7 Å². The first-order chi connectivity index (χ1) is 15.3. The molecule has 1 aliphatic heterocycles. The fraction of sp³-hybridized carbons (Fsp3) is 0.958. The van der Waals surface area contributed by atoms with Gasteiger partial charge >= 0.3 is 0 Å². The highest BCUT2D eigenvalue weighted by atomic mass is 16.5. The maximum Gasteiger partial charge on any atom is 0.222 e. The van der Waals surface area contributed by atoms with Gasteiger partial charge in [-0.25, -0.2) is 0 Å². The molecule has 31 heavy (non-hydrogen) atoms. The van der Waals surface area contributed by atoms with Gasteiger partial charge in [-0.1, -0.05) is 58.3 Å². The highest BCUT2D eigenvalue weighted by molar-refractivity contribution is 5.76. The van der Waals surface area contributed by atoms with E-state index in [2.05, 4.69) is 12.2 Å². The van der Waals surface area contributed by atoms with Crippen LogP contribution in [0.15, 0.2) is 0 Å². The minimum Gasteiger partial charge on any atom is -0.378 e. The van der Waals surface area contributed by atoms with Crippen LogP contribution in [0.4, 0.5) is 0 Å². The SMILES string of the molecule is CCCCCCCCCCCC(=O)N1CCOCCOCCNCCOCCOCC1. The zero-order valence-corrected chi connectivity index (χ0v) is 20.0. The molecule has 1 fully saturated rings. The van der Waals surface area contributed by atoms with Crippen LogP contribution in [0.3, 0.4) is 0 Å². The van der Waals surface area contributed by atoms with E-state index in [-0.39, 0.29) is 5.91 Å². The first kappa shape index (κ1) is 28.3. The topological polar surface area (TPSA) is 69.3 Å². The van der Waals surface area contributed by atoms with Crippen molar-refractivity contribution in [2.45, 2.75) is 71.1 Å². The van der Waals surface area contributed by atoms with Crippen LogP contribution in [-0.2, 0) is 23.7 Å². The molecule has 184 valence electrons. The first-order valence-corrected chi connectivity index (χ1v) is 12.6. The summed E-state index contributed by atoms with van der Waals surface area (Å²) in [5.41, 5.74) is 0. The number of carbonyl (C=O) groups is 1. The van der Waals surface area contributed by atoms with E-state index in [0.29, 0.717) is 72.4 Å². The van der Waals surface area contributed by atoms with Gasteiger partial charge in [0.2, 0.25) is 5.91 Å². The zero-order chi connectivity index (χ0) is 22.2. The molecule has 0 aliphatic carbocycles. The summed E-state index contributed by atoms with van der Waals surface area (Å²) in [5, 5.41) is 3.27. The molecule has 1 amide bonds. The Bertz CT molecular complexity index is 380. The van der Waals surface area contributed by atoms with Gasteiger partial charge in [-0.2, -0.15) is 0 Å². The fourth-order valence-electron chi connectivity index (χ4n) is 3.51. The summed E-state index contributed by atoms with van der Waals surface area (Å²) in [5.74, 6) is 0.211. The van der Waals surface area contributed by atoms with Crippen LogP contribution in [-0.4, -0.2) is 89.8 Å². The lowest BCUT2D eigenvalue weighted by Crippen LogP contribution is -2.37. The van der Waals surface area contributed by atoms with Crippen molar-refractivity contribution in [2.75, 3.05) is 79.0 Å². The second-order valence-electron chi connectivity index (χ2n) is 8.16. The molecule has 0 aromatic heterocycles. The Morgan fingerprint density at radius 2 is 1.10 bits per heavy atom. The maximum atomic E-state index is 12.7. The van der Waals surface area contributed by atoms with Gasteiger partial charge in [-0.3, -0.25) is 4.79 Å². The van der Waals surface area contributed by atoms with Gasteiger partial charge in [0.25, 0.3) is 0 Å². The van der Waals surface area contributed by atoms with E-state index >= 15 is 0 Å². The van der Waals surface area contributed by atoms with Gasteiger partial charge in [-0.05, 0) is 6.42 Å². The number of carbonyl (C=O) groups excluding carboxylic acids is 1. The summed E-state index contributed by atoms with van der Waals surface area (Å²) < 4.78 is 22.4. The lowest BCUT2D eigenvalue weighted by atomic mass is 10.1. The minimum absolute atomic E-state index is 0.211. The van der Waals surface area contributed by atoms with Gasteiger partial charge < -0.3 is 29.2 Å². The number of hydrogen-bond acceptors (Lipinski definition) is 6. The molecule has 0 atom stereocenters. The zero-order valence-electron chi connectivity index (χ0n) is 20.0. The Morgan fingerprint density at radius 3 is 1.61 bits per heavy atom. The van der Waals surface area contributed by atoms with Crippen LogP contribution in [0, 0.1) is 0 Å². The summed E-state index contributed by atoms with van der Waals surface area (Å²) in [6.45, 7) is 9.74. The van der Waals surface area contributed by atoms with E-state index in [1.54, 1.807) is 0 Å². The largest absolute Gasteiger partial charge is 0.378 e. The minimum atomic E-state index is 0.211. The lowest BCUT2D eigenvalue weighted by Gasteiger charge is -2.23. The lowest BCUT2D eigenvalue weighted by molar-refractivity contribution is -0.133. The quantitative estimate of drug-likeness (QED) is 0.521. The number of nitrogens with one attached hydrogen (secondary N) is 1. The van der Waals surface area contributed by atoms with Crippen molar-refractivity contribution in [1.29, 1.82) is 0 Å². The molecule has 0 saturated carbocycles. The first-order valence-electron chi connectivity index (χ1n) is 12.6. The number of unbranched alkanes of at least 4 members (excludes halogenated alkanes) is 8. The molecule has 7 nitrogen and oxygen atoms in total. The van der Waals surface area contributed by atoms with Crippen molar-refractivity contribution in [2.24, 2.45) is 0 Å². The number of nitrogens with zero attached hydrogens (tertiary/aromatic N) is 1. The molecular formula is C24H48N2O5. The summed E-state index contributed by atoms with van der Waals surface area (Å²) >= 11 is 0. The number of rotatable bonds is 10. The molecule has 0 spiro atoms. The number of hydrogen-bond donors (Lipinski definition) is 1. The Hall–Kier alpha value is -0.730. The predicted molar refractivity (Wildman–Crippen MR) is 125 cm³/mol. The summed E-state index contributed by atoms with van der Waals surface area (Å²) in [6.07, 6.45) is 12.0. The average Bonchev–Trinajstić information content (AvgIpc) is 2.77. The van der Waals surface area contributed by atoms with Crippen LogP contribution >= 0.6 is 0 Å². The molecule has 1 heterocycles. The molecule has 0 aromatic rings. The Balaban J connectivity index is 2.21. The summed E-state index contributed by atoms with van der Waals surface area (Å²) in [7, 11) is 0. The van der Waals surface area contributed by atoms with Crippen LogP contribution < -0.4 is 5.32 Å². The van der Waals surface area contributed by atoms with Crippen LogP contribution in [0.2, 0.25) is 0 Å². The third kappa shape index (κ3) is 18.5.